The number of carboxylic acids is 1. The summed E-state index contributed by atoms with van der Waals surface area (Å²) >= 11 is 10.8. The molecule has 0 radical (unpaired) electrons. The van der Waals surface area contributed by atoms with Crippen molar-refractivity contribution < 1.29 is 24.3 Å². The Morgan fingerprint density at radius 3 is 1.49 bits per heavy atom. The Kier molecular flexibility index (Phi) is 25.3. The first-order valence-electron chi connectivity index (χ1n) is 28.5. The van der Waals surface area contributed by atoms with Gasteiger partial charge in [0, 0.05) is 109 Å². The van der Waals surface area contributed by atoms with E-state index in [0.717, 1.165) is 103 Å². The highest BCUT2D eigenvalue weighted by atomic mass is 35.5. The number of hydrogen-bond acceptors (Lipinski definition) is 17. The van der Waals surface area contributed by atoms with Gasteiger partial charge in [-0.3, -0.25) is 24.1 Å². The quantitative estimate of drug-likeness (QED) is 0.0249. The molecule has 6 heterocycles. The van der Waals surface area contributed by atoms with Crippen molar-refractivity contribution in [2.45, 2.75) is 149 Å². The number of nitrogens with two attached hydrogens (primary N) is 2. The van der Waals surface area contributed by atoms with Gasteiger partial charge in [-0.15, -0.1) is 0 Å². The van der Waals surface area contributed by atoms with E-state index in [0.29, 0.717) is 90.8 Å². The number of nitrogens with zero attached hydrogens (tertiary/aromatic N) is 10. The van der Waals surface area contributed by atoms with Crippen LogP contribution in [0.5, 0.6) is 0 Å². The van der Waals surface area contributed by atoms with Crippen LogP contribution in [-0.2, 0) is 38.4 Å². The lowest BCUT2D eigenvalue weighted by atomic mass is 10.0. The number of aryl methyl sites for hydroxylation is 3. The number of anilines is 10. The number of halogens is 2. The summed E-state index contributed by atoms with van der Waals surface area (Å²) in [6.45, 7) is 34.5. The van der Waals surface area contributed by atoms with Crippen LogP contribution in [0, 0.1) is 19.7 Å². The lowest BCUT2D eigenvalue weighted by Crippen LogP contribution is -2.36. The Bertz CT molecular complexity index is 3510. The third-order valence-corrected chi connectivity index (χ3v) is 13.7. The van der Waals surface area contributed by atoms with Gasteiger partial charge in [0.05, 0.1) is 19.7 Å². The number of nitrogens with one attached hydrogen (secondary N) is 7. The van der Waals surface area contributed by atoms with E-state index < -0.39 is 5.97 Å². The molecule has 3 aromatic carbocycles. The van der Waals surface area contributed by atoms with Crippen LogP contribution in [0.4, 0.5) is 74.7 Å². The molecule has 12 N–H and O–H groups in total. The van der Waals surface area contributed by atoms with Gasteiger partial charge in [0.15, 0.2) is 0 Å². The van der Waals surface area contributed by atoms with Crippen molar-refractivity contribution in [3.8, 4) is 0 Å². The van der Waals surface area contributed by atoms with Crippen molar-refractivity contribution in [1.29, 1.82) is 0 Å². The van der Waals surface area contributed by atoms with E-state index in [9.17, 15) is 14.4 Å². The molecule has 3 aliphatic carbocycles. The average Bonchev–Trinajstić information content (AvgIpc) is 3.49. The first kappa shape index (κ1) is 66.9. The first-order chi connectivity index (χ1) is 41.6. The van der Waals surface area contributed by atoms with Gasteiger partial charge in [0.25, 0.3) is 5.97 Å². The molecule has 0 atom stereocenters. The summed E-state index contributed by atoms with van der Waals surface area (Å²) in [7, 11) is 0. The van der Waals surface area contributed by atoms with Crippen LogP contribution in [0.2, 0.25) is 10.4 Å². The van der Waals surface area contributed by atoms with Crippen molar-refractivity contribution in [3.63, 3.8) is 0 Å². The highest BCUT2D eigenvalue weighted by Crippen LogP contribution is 2.34. The molecule has 87 heavy (non-hydrogen) atoms. The molecule has 12 rings (SSSR count). The van der Waals surface area contributed by atoms with Crippen molar-refractivity contribution >= 4 is 122 Å². The molecule has 3 aliphatic heterocycles. The molecule has 3 saturated carbocycles. The van der Waals surface area contributed by atoms with E-state index >= 15 is 0 Å². The summed E-state index contributed by atoms with van der Waals surface area (Å²) in [5.74, 6) is 1.41. The van der Waals surface area contributed by atoms with Gasteiger partial charge in [-0.2, -0.15) is 0 Å². The summed E-state index contributed by atoms with van der Waals surface area (Å²) in [4.78, 5) is 79.6. The molecule has 3 amide bonds. The number of carbonyl (C=O) groups excluding carboxylic acids is 3. The van der Waals surface area contributed by atoms with Crippen LogP contribution in [-0.4, -0.2) is 100 Å². The van der Waals surface area contributed by atoms with Crippen molar-refractivity contribution in [3.05, 3.63) is 135 Å². The molecule has 0 unspecified atom stereocenters. The van der Waals surface area contributed by atoms with E-state index in [-0.39, 0.29) is 33.8 Å². The number of fused-ring (bicyclic) bond motifs is 3. The molecule has 3 fully saturated rings. The Labute approximate surface area is 516 Å². The minimum Gasteiger partial charge on any atom is -0.481 e. The normalized spacial score (nSPS) is 14.6. The standard InChI is InChI=1S/2C17H16N6O.C9H10N2O.C8H19N.C5HCl2N3.C3H7N.C2H4O2/c1-18-14-9-19-17(21-11-3-4-11)23-16(14)20-12-5-6-13-10(8-12)2-7-15(24)22-13;1-18-14-9-19-17(23-16(14)20-11-3-4-11)21-12-5-6-13-10(8-12)2-7-15(24)22-13;10-7-2-3-8-6(5-7)1-4-9(12)11-8;1-6-9(7(2)3)8(4)5;1-8-3-2-9-5(7)10-4(3)6;4-3-1-2-3;1-2(3)4/h2*5-6,8-9,11H,2-4,7H2,(H,22,24)(H2,19,20,21,23);2-3,5H,1,4,10H2,(H,11,12);7-8H,6H2,1-5H3;2H;3H,1-2,4H2;1H3,(H,3,4). The Morgan fingerprint density at radius 2 is 1.06 bits per heavy atom. The van der Waals surface area contributed by atoms with E-state index in [1.54, 1.807) is 6.07 Å². The molecule has 6 aromatic rings. The molecule has 0 bridgehead atoms. The summed E-state index contributed by atoms with van der Waals surface area (Å²) in [5.41, 5.74) is 20.2. The van der Waals surface area contributed by atoms with Crippen LogP contribution < -0.4 is 48.7 Å². The van der Waals surface area contributed by atoms with Gasteiger partial charge in [0.1, 0.15) is 16.8 Å². The number of nitrogen functional groups attached to an aromatic ring is 1. The number of carbonyl (C=O) groups is 4. The molecule has 0 spiro atoms. The van der Waals surface area contributed by atoms with Crippen molar-refractivity contribution in [1.82, 2.24) is 34.8 Å². The zero-order chi connectivity index (χ0) is 63.2. The highest BCUT2D eigenvalue weighted by molar-refractivity contribution is 6.33. The predicted octanol–water partition coefficient (Wildman–Crippen LogP) is 12.3. The molecule has 6 aliphatic rings. The van der Waals surface area contributed by atoms with Crippen LogP contribution in [0.15, 0.2) is 73.2 Å². The largest absolute Gasteiger partial charge is 0.481 e. The number of carboxylic acid groups (broad SMARTS) is 1. The van der Waals surface area contributed by atoms with Gasteiger partial charge in [-0.25, -0.2) is 44.4 Å². The monoisotopic (exact) mass is 1220 g/mol. The highest BCUT2D eigenvalue weighted by Gasteiger charge is 2.25. The number of benzene rings is 3. The van der Waals surface area contributed by atoms with E-state index in [2.05, 4.69) is 121 Å². The lowest BCUT2D eigenvalue weighted by Gasteiger charge is -2.28. The molecule has 24 nitrogen and oxygen atoms in total. The zero-order valence-electron chi connectivity index (χ0n) is 49.5. The van der Waals surface area contributed by atoms with E-state index in [1.807, 2.05) is 48.5 Å². The summed E-state index contributed by atoms with van der Waals surface area (Å²) in [6, 6.07) is 19.9. The third kappa shape index (κ3) is 22.9. The third-order valence-electron chi connectivity index (χ3n) is 13.3. The SMILES string of the molecule is CC(=O)O.CCN(C(C)C)C(C)C.NC1CC1.Nc1ccc2c(c1)CCC(=O)N2.[C-]#[N+]c1cnc(Cl)nc1Cl.[C-]#[N+]c1cnc(NC2CC2)nc1Nc1ccc2c(c1)CCC(=O)N2.[C-]#[N+]c1cnc(Nc2ccc3c(c2)CCC(=O)N3)nc1NC1CC1. The zero-order valence-corrected chi connectivity index (χ0v) is 51.0. The molecule has 3 aromatic heterocycles. The predicted molar refractivity (Wildman–Crippen MR) is 343 cm³/mol. The number of aromatic nitrogens is 6. The van der Waals surface area contributed by atoms with Crippen molar-refractivity contribution in [2.24, 2.45) is 5.73 Å². The maximum Gasteiger partial charge on any atom is 0.300 e. The maximum absolute atomic E-state index is 11.4. The van der Waals surface area contributed by atoms with Crippen LogP contribution in [0.25, 0.3) is 14.5 Å². The fourth-order valence-electron chi connectivity index (χ4n) is 8.50. The second-order valence-corrected chi connectivity index (χ2v) is 22.0. The minimum atomic E-state index is -0.833. The molecule has 26 heteroatoms. The van der Waals surface area contributed by atoms with E-state index in [1.165, 1.54) is 31.4 Å². The number of hydrogen-bond donors (Lipinski definition) is 10. The maximum atomic E-state index is 11.4. The number of rotatable bonds is 11. The second-order valence-electron chi connectivity index (χ2n) is 21.3. The Morgan fingerprint density at radius 1 is 0.632 bits per heavy atom. The fraction of sp³-hybridized carbons (Fsp3) is 0.393. The topological polar surface area (TPSA) is 318 Å². The molecule has 456 valence electrons. The van der Waals surface area contributed by atoms with E-state index in [4.69, 9.17) is 64.3 Å². The Balaban J connectivity index is 0.000000177. The Hall–Kier alpha value is -9.25. The van der Waals surface area contributed by atoms with Crippen LogP contribution in [0.3, 0.4) is 0 Å². The minimum absolute atomic E-state index is 0.0464. The van der Waals surface area contributed by atoms with Gasteiger partial charge >= 0.3 is 0 Å². The smallest absolute Gasteiger partial charge is 0.300 e. The van der Waals surface area contributed by atoms with Gasteiger partial charge in [-0.1, -0.05) is 18.5 Å². The first-order valence-corrected chi connectivity index (χ1v) is 29.3. The number of aliphatic carboxylic acids is 1. The molecular formula is C61H73Cl2N19O5. The summed E-state index contributed by atoms with van der Waals surface area (Å²) in [6.07, 6.45) is 15.2. The summed E-state index contributed by atoms with van der Waals surface area (Å²) in [5, 5.41) is 29.0. The molecular weight excluding hydrogens is 1150 g/mol. The van der Waals surface area contributed by atoms with Gasteiger partial charge in [0.2, 0.25) is 52.0 Å². The van der Waals surface area contributed by atoms with Crippen LogP contribution >= 0.6 is 23.2 Å². The second kappa shape index (κ2) is 32.9. The average molecular weight is 1220 g/mol. The van der Waals surface area contributed by atoms with Gasteiger partial charge < -0.3 is 53.8 Å². The van der Waals surface area contributed by atoms with Gasteiger partial charge in [-0.05, 0) is 175 Å². The van der Waals surface area contributed by atoms with Crippen LogP contribution in [0.1, 0.15) is 116 Å². The number of amides is 3. The lowest BCUT2D eigenvalue weighted by molar-refractivity contribution is -0.134. The molecule has 0 saturated heterocycles. The summed E-state index contributed by atoms with van der Waals surface area (Å²) < 4.78 is 0. The fourth-order valence-corrected chi connectivity index (χ4v) is 8.85. The van der Waals surface area contributed by atoms with Crippen molar-refractivity contribution in [2.75, 3.05) is 49.5 Å².